The molecule has 0 saturated heterocycles. The first kappa shape index (κ1) is 12.9. The van der Waals surface area contributed by atoms with Crippen LogP contribution in [0.3, 0.4) is 0 Å². The van der Waals surface area contributed by atoms with Crippen molar-refractivity contribution < 1.29 is 0 Å². The average molecular weight is 226 g/mol. The second-order valence-corrected chi connectivity index (χ2v) is 5.40. The molecule has 0 aromatic heterocycles. The molecule has 2 nitrogen and oxygen atoms in total. The van der Waals surface area contributed by atoms with Crippen LogP contribution in [0, 0.1) is 17.2 Å². The van der Waals surface area contributed by atoms with E-state index in [0.717, 1.165) is 24.6 Å². The van der Waals surface area contributed by atoms with Crippen LogP contribution in [0.2, 0.25) is 0 Å². The molecule has 0 aliphatic heterocycles. The van der Waals surface area contributed by atoms with Gasteiger partial charge >= 0.3 is 0 Å². The third-order valence-electron chi connectivity index (χ3n) is 2.91. The molecule has 0 radical (unpaired) electrons. The van der Waals surface area contributed by atoms with Crippen LogP contribution < -0.4 is 5.32 Å². The Labute approximate surface area is 97.8 Å². The lowest BCUT2D eigenvalue weighted by molar-refractivity contribution is 0.617. The van der Waals surface area contributed by atoms with Crippen molar-refractivity contribution in [3.63, 3.8) is 0 Å². The maximum absolute atomic E-state index is 8.92. The van der Waals surface area contributed by atoms with Gasteiger partial charge in [0.1, 0.15) is 6.04 Å². The normalized spacial score (nSPS) is 18.9. The summed E-state index contributed by atoms with van der Waals surface area (Å²) in [5, 5.41) is 12.2. The molecular weight excluding hydrogens is 204 g/mol. The Balaban J connectivity index is 2.03. The van der Waals surface area contributed by atoms with E-state index < -0.39 is 0 Å². The summed E-state index contributed by atoms with van der Waals surface area (Å²) in [5.74, 6) is 3.14. The zero-order valence-corrected chi connectivity index (χ0v) is 10.5. The third kappa shape index (κ3) is 5.44. The molecule has 1 unspecified atom stereocenters. The summed E-state index contributed by atoms with van der Waals surface area (Å²) in [6.45, 7) is 3.09. The lowest BCUT2D eigenvalue weighted by Gasteiger charge is -2.12. The summed E-state index contributed by atoms with van der Waals surface area (Å²) in [7, 11) is 0. The molecule has 0 heterocycles. The quantitative estimate of drug-likeness (QED) is 0.725. The molecule has 1 aliphatic carbocycles. The smallest absolute Gasteiger partial charge is 0.104 e. The fourth-order valence-electron chi connectivity index (χ4n) is 1.99. The summed E-state index contributed by atoms with van der Waals surface area (Å²) < 4.78 is 0. The molecule has 86 valence electrons. The fraction of sp³-hybridized carbons (Fsp3) is 0.917. The molecule has 1 aliphatic rings. The first-order chi connectivity index (χ1) is 7.36. The summed E-state index contributed by atoms with van der Waals surface area (Å²) in [4.78, 5) is 0. The zero-order valence-electron chi connectivity index (χ0n) is 9.67. The van der Waals surface area contributed by atoms with E-state index in [2.05, 4.69) is 18.3 Å². The Kier molecular flexibility index (Phi) is 6.87. The van der Waals surface area contributed by atoms with Crippen molar-refractivity contribution in [2.75, 3.05) is 18.1 Å². The van der Waals surface area contributed by atoms with Crippen molar-refractivity contribution in [3.8, 4) is 6.07 Å². The van der Waals surface area contributed by atoms with Crippen LogP contribution in [0.25, 0.3) is 0 Å². The van der Waals surface area contributed by atoms with Gasteiger partial charge in [-0.2, -0.15) is 17.0 Å². The van der Waals surface area contributed by atoms with Crippen molar-refractivity contribution in [2.24, 2.45) is 5.92 Å². The van der Waals surface area contributed by atoms with Gasteiger partial charge in [-0.1, -0.05) is 19.8 Å². The molecule has 3 heteroatoms. The van der Waals surface area contributed by atoms with Crippen LogP contribution in [-0.2, 0) is 0 Å². The monoisotopic (exact) mass is 226 g/mol. The first-order valence-electron chi connectivity index (χ1n) is 6.07. The summed E-state index contributed by atoms with van der Waals surface area (Å²) in [6, 6.07) is 2.38. The Morgan fingerprint density at radius 1 is 1.47 bits per heavy atom. The van der Waals surface area contributed by atoms with Crippen LogP contribution in [-0.4, -0.2) is 24.1 Å². The first-order valence-corrected chi connectivity index (χ1v) is 7.23. The van der Waals surface area contributed by atoms with Gasteiger partial charge in [0, 0.05) is 5.75 Å². The van der Waals surface area contributed by atoms with Crippen molar-refractivity contribution >= 4 is 11.8 Å². The van der Waals surface area contributed by atoms with Crippen molar-refractivity contribution in [1.82, 2.24) is 5.32 Å². The predicted octanol–water partition coefficient (Wildman–Crippen LogP) is 2.80. The number of nitriles is 1. The van der Waals surface area contributed by atoms with Crippen LogP contribution in [0.15, 0.2) is 0 Å². The standard InChI is InChI=1S/C12H22N2S/c1-2-7-14-12(8-13)10-15-9-11-5-3-4-6-11/h11-12,14H,2-7,9-10H2,1H3. The molecule has 1 atom stereocenters. The van der Waals surface area contributed by atoms with Gasteiger partial charge in [0.05, 0.1) is 6.07 Å². The molecule has 1 saturated carbocycles. The Hall–Kier alpha value is -0.200. The average Bonchev–Trinajstić information content (AvgIpc) is 2.76. The van der Waals surface area contributed by atoms with Gasteiger partial charge in [0.2, 0.25) is 0 Å². The molecule has 1 rings (SSSR count). The Morgan fingerprint density at radius 2 is 2.20 bits per heavy atom. The number of thioether (sulfide) groups is 1. The minimum Gasteiger partial charge on any atom is -0.301 e. The van der Waals surface area contributed by atoms with Crippen LogP contribution in [0.1, 0.15) is 39.0 Å². The highest BCUT2D eigenvalue weighted by molar-refractivity contribution is 7.99. The van der Waals surface area contributed by atoms with Crippen molar-refractivity contribution in [3.05, 3.63) is 0 Å². The van der Waals surface area contributed by atoms with E-state index in [1.165, 1.54) is 31.4 Å². The van der Waals surface area contributed by atoms with Crippen molar-refractivity contribution in [1.29, 1.82) is 5.26 Å². The van der Waals surface area contributed by atoms with Gasteiger partial charge in [-0.3, -0.25) is 0 Å². The Bertz CT molecular complexity index is 194. The van der Waals surface area contributed by atoms with Gasteiger partial charge in [-0.15, -0.1) is 0 Å². The summed E-state index contributed by atoms with van der Waals surface area (Å²) in [5.41, 5.74) is 0. The molecule has 1 fully saturated rings. The number of nitrogens with zero attached hydrogens (tertiary/aromatic N) is 1. The van der Waals surface area contributed by atoms with E-state index in [9.17, 15) is 0 Å². The van der Waals surface area contributed by atoms with E-state index in [0.29, 0.717) is 0 Å². The van der Waals surface area contributed by atoms with E-state index >= 15 is 0 Å². The lowest BCUT2D eigenvalue weighted by Crippen LogP contribution is -2.30. The third-order valence-corrected chi connectivity index (χ3v) is 4.19. The number of hydrogen-bond acceptors (Lipinski definition) is 3. The summed E-state index contributed by atoms with van der Waals surface area (Å²) >= 11 is 1.95. The largest absolute Gasteiger partial charge is 0.301 e. The molecule has 15 heavy (non-hydrogen) atoms. The van der Waals surface area contributed by atoms with E-state index in [1.807, 2.05) is 11.8 Å². The highest BCUT2D eigenvalue weighted by Gasteiger charge is 2.15. The van der Waals surface area contributed by atoms with Crippen LogP contribution in [0.5, 0.6) is 0 Å². The highest BCUT2D eigenvalue weighted by atomic mass is 32.2. The number of nitrogens with one attached hydrogen (secondary N) is 1. The molecule has 0 aromatic rings. The predicted molar refractivity (Wildman–Crippen MR) is 67.0 cm³/mol. The minimum atomic E-state index is 0.0522. The second kappa shape index (κ2) is 8.01. The lowest BCUT2D eigenvalue weighted by atomic mass is 10.1. The molecule has 1 N–H and O–H groups in total. The zero-order chi connectivity index (χ0) is 10.9. The minimum absolute atomic E-state index is 0.0522. The van der Waals surface area contributed by atoms with Gasteiger partial charge in [0.15, 0.2) is 0 Å². The number of hydrogen-bond donors (Lipinski definition) is 1. The van der Waals surface area contributed by atoms with Crippen molar-refractivity contribution in [2.45, 2.75) is 45.1 Å². The SMILES string of the molecule is CCCNC(C#N)CSCC1CCCC1. The van der Waals surface area contributed by atoms with E-state index in [4.69, 9.17) is 5.26 Å². The maximum atomic E-state index is 8.92. The van der Waals surface area contributed by atoms with E-state index in [-0.39, 0.29) is 6.04 Å². The Morgan fingerprint density at radius 3 is 2.80 bits per heavy atom. The van der Waals surface area contributed by atoms with E-state index in [1.54, 1.807) is 0 Å². The van der Waals surface area contributed by atoms with Gasteiger partial charge in [-0.05, 0) is 37.5 Å². The molecule has 0 bridgehead atoms. The highest BCUT2D eigenvalue weighted by Crippen LogP contribution is 2.27. The molecular formula is C12H22N2S. The maximum Gasteiger partial charge on any atom is 0.104 e. The molecule has 0 amide bonds. The van der Waals surface area contributed by atoms with Gasteiger partial charge in [-0.25, -0.2) is 0 Å². The second-order valence-electron chi connectivity index (χ2n) is 4.32. The van der Waals surface area contributed by atoms with Gasteiger partial charge < -0.3 is 5.32 Å². The summed E-state index contributed by atoms with van der Waals surface area (Å²) in [6.07, 6.45) is 6.76. The number of rotatable bonds is 7. The molecule has 0 aromatic carbocycles. The fourth-order valence-corrected chi connectivity index (χ4v) is 3.22. The topological polar surface area (TPSA) is 35.8 Å². The molecule has 0 spiro atoms. The van der Waals surface area contributed by atoms with Crippen LogP contribution in [0.4, 0.5) is 0 Å². The van der Waals surface area contributed by atoms with Gasteiger partial charge in [0.25, 0.3) is 0 Å². The van der Waals surface area contributed by atoms with Crippen LogP contribution >= 0.6 is 11.8 Å².